The Balaban J connectivity index is 2.06. The van der Waals surface area contributed by atoms with Crippen LogP contribution in [-0.4, -0.2) is 95.1 Å². The van der Waals surface area contributed by atoms with E-state index in [9.17, 15) is 20.4 Å². The van der Waals surface area contributed by atoms with Gasteiger partial charge in [-0.1, -0.05) is 114 Å². The summed E-state index contributed by atoms with van der Waals surface area (Å²) in [5, 5.41) is 39.5. The summed E-state index contributed by atoms with van der Waals surface area (Å²) in [7, 11) is 0. The van der Waals surface area contributed by atoms with Crippen LogP contribution >= 0.6 is 0 Å². The van der Waals surface area contributed by atoms with Crippen LogP contribution in [0.2, 0.25) is 0 Å². The molecule has 0 aromatic heterocycles. The number of aliphatic hydroxyl groups is 4. The van der Waals surface area contributed by atoms with Gasteiger partial charge in [-0.25, -0.2) is 0 Å². The first-order valence-electron chi connectivity index (χ1n) is 17.8. The maximum atomic E-state index is 9.88. The number of unbranched alkanes of at least 4 members (excludes halogenated alkanes) is 10. The minimum Gasteiger partial charge on any atom is -0.391 e. The van der Waals surface area contributed by atoms with Crippen molar-refractivity contribution in [2.75, 3.05) is 65.7 Å². The van der Waals surface area contributed by atoms with Crippen molar-refractivity contribution in [1.82, 2.24) is 0 Å². The summed E-state index contributed by atoms with van der Waals surface area (Å²) < 4.78 is 1.46. The van der Waals surface area contributed by atoms with Crippen LogP contribution in [0.4, 0.5) is 0 Å². The van der Waals surface area contributed by atoms with Crippen molar-refractivity contribution in [2.45, 2.75) is 104 Å². The Morgan fingerprint density at radius 3 is 0.977 bits per heavy atom. The second-order valence-corrected chi connectivity index (χ2v) is 13.2. The highest BCUT2D eigenvalue weighted by molar-refractivity contribution is 5.63. The van der Waals surface area contributed by atoms with Gasteiger partial charge in [-0.05, 0) is 36.8 Å². The molecule has 0 aliphatic rings. The van der Waals surface area contributed by atoms with E-state index < -0.39 is 0 Å². The summed E-state index contributed by atoms with van der Waals surface area (Å²) in [6, 6.07) is 17.6. The lowest BCUT2D eigenvalue weighted by atomic mass is 10.0. The first kappa shape index (κ1) is 38.4. The zero-order chi connectivity index (χ0) is 31.9. The predicted molar refractivity (Wildman–Crippen MR) is 184 cm³/mol. The Bertz CT molecular complexity index is 872. The largest absolute Gasteiger partial charge is 0.391 e. The molecule has 250 valence electrons. The van der Waals surface area contributed by atoms with E-state index in [2.05, 4.69) is 62.4 Å². The Morgan fingerprint density at radius 2 is 0.682 bits per heavy atom. The second-order valence-electron chi connectivity index (χ2n) is 13.2. The van der Waals surface area contributed by atoms with Crippen LogP contribution in [0.15, 0.2) is 48.5 Å². The normalized spacial score (nSPS) is 12.2. The number of hydrogen-bond donors (Lipinski definition) is 4. The lowest BCUT2D eigenvalue weighted by molar-refractivity contribution is -0.941. The third kappa shape index (κ3) is 14.1. The van der Waals surface area contributed by atoms with E-state index in [-0.39, 0.29) is 26.4 Å². The van der Waals surface area contributed by atoms with Crippen molar-refractivity contribution < 1.29 is 29.4 Å². The molecular weight excluding hydrogens is 548 g/mol. The van der Waals surface area contributed by atoms with Crippen molar-refractivity contribution >= 4 is 0 Å². The standard InChI is InChI=1S/C38H66N2O4/c1-3-5-7-9-11-13-23-39(25-29-41,26-30-42)33-35-15-19-37(20-16-35)38-21-17-36(18-22-38)34-40(27-31-43,28-32-44)24-14-12-10-8-6-4-2/h15-22,41-44H,3-14,23-34H2,1-2H3/q+2. The monoisotopic (exact) mass is 615 g/mol. The van der Waals surface area contributed by atoms with E-state index in [1.807, 2.05) is 0 Å². The van der Waals surface area contributed by atoms with Gasteiger partial charge in [-0.2, -0.15) is 0 Å². The van der Waals surface area contributed by atoms with Gasteiger partial charge in [0.15, 0.2) is 0 Å². The molecule has 0 radical (unpaired) electrons. The number of benzene rings is 2. The van der Waals surface area contributed by atoms with Crippen molar-refractivity contribution in [3.63, 3.8) is 0 Å². The average molecular weight is 615 g/mol. The third-order valence-corrected chi connectivity index (χ3v) is 9.55. The van der Waals surface area contributed by atoms with Gasteiger partial charge in [0.2, 0.25) is 0 Å². The Labute approximate surface area is 269 Å². The molecule has 0 saturated heterocycles. The highest BCUT2D eigenvalue weighted by Gasteiger charge is 2.28. The Kier molecular flexibility index (Phi) is 19.8. The van der Waals surface area contributed by atoms with Gasteiger partial charge in [-0.3, -0.25) is 0 Å². The van der Waals surface area contributed by atoms with Gasteiger partial charge < -0.3 is 29.4 Å². The average Bonchev–Trinajstić information content (AvgIpc) is 3.02. The fourth-order valence-corrected chi connectivity index (χ4v) is 6.83. The number of hydrogen-bond acceptors (Lipinski definition) is 4. The quantitative estimate of drug-likeness (QED) is 0.0669. The molecule has 0 spiro atoms. The van der Waals surface area contributed by atoms with Crippen LogP contribution in [0.5, 0.6) is 0 Å². The van der Waals surface area contributed by atoms with Gasteiger partial charge in [0.05, 0.1) is 39.5 Å². The van der Waals surface area contributed by atoms with Crippen molar-refractivity contribution in [1.29, 1.82) is 0 Å². The molecule has 2 aromatic rings. The molecular formula is C38H66N2O4+2. The fourth-order valence-electron chi connectivity index (χ4n) is 6.83. The molecule has 0 unspecified atom stereocenters. The van der Waals surface area contributed by atoms with Crippen molar-refractivity contribution in [3.8, 4) is 11.1 Å². The molecule has 2 rings (SSSR count). The minimum absolute atomic E-state index is 0.135. The van der Waals surface area contributed by atoms with Crippen LogP contribution in [0, 0.1) is 0 Å². The van der Waals surface area contributed by atoms with Crippen LogP contribution in [-0.2, 0) is 13.1 Å². The molecule has 0 aliphatic carbocycles. The van der Waals surface area contributed by atoms with Gasteiger partial charge in [0.1, 0.15) is 39.3 Å². The van der Waals surface area contributed by atoms with E-state index >= 15 is 0 Å². The maximum absolute atomic E-state index is 9.88. The zero-order valence-corrected chi connectivity index (χ0v) is 28.3. The molecule has 0 heterocycles. The zero-order valence-electron chi connectivity index (χ0n) is 28.3. The van der Waals surface area contributed by atoms with E-state index in [0.717, 1.165) is 48.0 Å². The summed E-state index contributed by atoms with van der Waals surface area (Å²) in [6.07, 6.45) is 14.9. The molecule has 2 aromatic carbocycles. The number of rotatable bonds is 27. The van der Waals surface area contributed by atoms with Gasteiger partial charge in [-0.15, -0.1) is 0 Å². The topological polar surface area (TPSA) is 80.9 Å². The van der Waals surface area contributed by atoms with Crippen LogP contribution in [0.25, 0.3) is 11.1 Å². The Morgan fingerprint density at radius 1 is 0.386 bits per heavy atom. The highest BCUT2D eigenvalue weighted by Crippen LogP contribution is 2.25. The lowest BCUT2D eigenvalue weighted by Gasteiger charge is -2.38. The molecule has 4 N–H and O–H groups in total. The summed E-state index contributed by atoms with van der Waals surface area (Å²) in [5.74, 6) is 0. The van der Waals surface area contributed by atoms with Gasteiger partial charge in [0.25, 0.3) is 0 Å². The van der Waals surface area contributed by atoms with Crippen LogP contribution in [0.1, 0.15) is 102 Å². The fraction of sp³-hybridized carbons (Fsp3) is 0.684. The SMILES string of the molecule is CCCCCCCC[N+](CCO)(CCO)Cc1ccc(-c2ccc(C[N+](CCO)(CCO)CCCCCCCC)cc2)cc1. The first-order valence-corrected chi connectivity index (χ1v) is 17.8. The molecule has 0 bridgehead atoms. The predicted octanol–water partition coefficient (Wildman–Crippen LogP) is 6.68. The minimum atomic E-state index is 0.135. The third-order valence-electron chi connectivity index (χ3n) is 9.55. The van der Waals surface area contributed by atoms with Crippen LogP contribution in [0.3, 0.4) is 0 Å². The van der Waals surface area contributed by atoms with Crippen molar-refractivity contribution in [2.24, 2.45) is 0 Å². The summed E-state index contributed by atoms with van der Waals surface area (Å²) in [6.45, 7) is 11.3. The summed E-state index contributed by atoms with van der Waals surface area (Å²) in [4.78, 5) is 0. The molecule has 44 heavy (non-hydrogen) atoms. The lowest BCUT2D eigenvalue weighted by Crippen LogP contribution is -2.51. The molecule has 0 aliphatic heterocycles. The molecule has 0 amide bonds. The van der Waals surface area contributed by atoms with Gasteiger partial charge in [0, 0.05) is 11.1 Å². The van der Waals surface area contributed by atoms with E-state index in [0.29, 0.717) is 26.2 Å². The highest BCUT2D eigenvalue weighted by atomic mass is 16.3. The van der Waals surface area contributed by atoms with E-state index in [1.165, 1.54) is 86.5 Å². The summed E-state index contributed by atoms with van der Waals surface area (Å²) >= 11 is 0. The molecule has 0 fully saturated rings. The van der Waals surface area contributed by atoms with E-state index in [1.54, 1.807) is 0 Å². The number of nitrogens with zero attached hydrogens (tertiary/aromatic N) is 2. The second kappa shape index (κ2) is 22.7. The summed E-state index contributed by atoms with van der Waals surface area (Å²) in [5.41, 5.74) is 4.83. The molecule has 6 heteroatoms. The number of quaternary nitrogens is 2. The molecule has 0 atom stereocenters. The molecule has 6 nitrogen and oxygen atoms in total. The number of aliphatic hydroxyl groups excluding tert-OH is 4. The Hall–Kier alpha value is -1.80. The van der Waals surface area contributed by atoms with Crippen molar-refractivity contribution in [3.05, 3.63) is 59.7 Å². The van der Waals surface area contributed by atoms with E-state index in [4.69, 9.17) is 0 Å². The van der Waals surface area contributed by atoms with Gasteiger partial charge >= 0.3 is 0 Å². The molecule has 0 saturated carbocycles. The van der Waals surface area contributed by atoms with Crippen LogP contribution < -0.4 is 0 Å². The first-order chi connectivity index (χ1) is 21.5. The smallest absolute Gasteiger partial charge is 0.104 e. The maximum Gasteiger partial charge on any atom is 0.104 e.